The fourth-order valence-corrected chi connectivity index (χ4v) is 5.26. The summed E-state index contributed by atoms with van der Waals surface area (Å²) in [4.78, 5) is 19.4. The monoisotopic (exact) mass is 462 g/mol. The van der Waals surface area contributed by atoms with E-state index in [0.717, 1.165) is 22.9 Å². The molecule has 1 aromatic carbocycles. The average molecular weight is 463 g/mol. The Kier molecular flexibility index (Phi) is 4.96. The minimum Gasteiger partial charge on any atom is -0.334 e. The van der Waals surface area contributed by atoms with E-state index in [4.69, 9.17) is 11.6 Å². The second kappa shape index (κ2) is 7.47. The fraction of sp³-hybridized carbons (Fsp3) is 0.435. The molecule has 1 aliphatic carbocycles. The third kappa shape index (κ3) is 3.27. The van der Waals surface area contributed by atoms with Crippen molar-refractivity contribution in [2.24, 2.45) is 5.92 Å². The highest BCUT2D eigenvalue weighted by Crippen LogP contribution is 2.42. The average Bonchev–Trinajstić information content (AvgIpc) is 3.06. The largest absolute Gasteiger partial charge is 0.433 e. The molecule has 0 spiro atoms. The number of piperidine rings is 1. The lowest BCUT2D eigenvalue weighted by molar-refractivity contribution is -0.143. The molecular formula is C23H22ClF3N4O. The summed E-state index contributed by atoms with van der Waals surface area (Å²) >= 11 is 6.48. The number of halogens is 4. The number of hydrogen-bond donors (Lipinski definition) is 0. The van der Waals surface area contributed by atoms with Gasteiger partial charge >= 0.3 is 6.18 Å². The van der Waals surface area contributed by atoms with Gasteiger partial charge in [-0.25, -0.2) is 9.50 Å². The number of hydrogen-bond acceptors (Lipinski definition) is 3. The number of rotatable bonds is 1. The van der Waals surface area contributed by atoms with Crippen LogP contribution in [0.1, 0.15) is 54.0 Å². The molecule has 1 fully saturated rings. The second-order valence-corrected chi connectivity index (χ2v) is 9.20. The molecule has 0 bridgehead atoms. The van der Waals surface area contributed by atoms with E-state index < -0.39 is 17.8 Å². The Bertz CT molecular complexity index is 1240. The van der Waals surface area contributed by atoms with Crippen LogP contribution in [-0.4, -0.2) is 38.0 Å². The van der Waals surface area contributed by atoms with Crippen molar-refractivity contribution >= 4 is 23.2 Å². The smallest absolute Gasteiger partial charge is 0.334 e. The summed E-state index contributed by atoms with van der Waals surface area (Å²) in [6.45, 7) is 4.58. The number of aryl methyl sites for hydroxylation is 1. The Morgan fingerprint density at radius 3 is 2.66 bits per heavy atom. The van der Waals surface area contributed by atoms with Gasteiger partial charge in [-0.05, 0) is 44.1 Å². The van der Waals surface area contributed by atoms with Gasteiger partial charge in [0.25, 0.3) is 5.91 Å². The third-order valence-electron chi connectivity index (χ3n) is 6.59. The van der Waals surface area contributed by atoms with E-state index in [9.17, 15) is 18.0 Å². The maximum atomic E-state index is 14.3. The van der Waals surface area contributed by atoms with Crippen molar-refractivity contribution in [1.29, 1.82) is 0 Å². The second-order valence-electron chi connectivity index (χ2n) is 8.82. The van der Waals surface area contributed by atoms with Gasteiger partial charge in [-0.1, -0.05) is 42.8 Å². The number of alkyl halides is 3. The number of nitrogens with zero attached hydrogens (tertiary/aromatic N) is 4. The van der Waals surface area contributed by atoms with Gasteiger partial charge < -0.3 is 4.90 Å². The molecule has 1 amide bonds. The van der Waals surface area contributed by atoms with E-state index in [1.165, 1.54) is 0 Å². The first kappa shape index (κ1) is 21.2. The maximum Gasteiger partial charge on any atom is 0.433 e. The molecule has 2 atom stereocenters. The van der Waals surface area contributed by atoms with Gasteiger partial charge in [0.15, 0.2) is 17.0 Å². The van der Waals surface area contributed by atoms with Crippen molar-refractivity contribution in [3.63, 3.8) is 0 Å². The van der Waals surface area contributed by atoms with Crippen LogP contribution in [0.4, 0.5) is 13.2 Å². The van der Waals surface area contributed by atoms with Gasteiger partial charge in [0.2, 0.25) is 0 Å². The number of fused-ring (bicyclic) bond motifs is 4. The fourth-order valence-electron chi connectivity index (χ4n) is 5.02. The highest BCUT2D eigenvalue weighted by molar-refractivity contribution is 6.36. The molecule has 0 saturated carbocycles. The predicted molar refractivity (Wildman–Crippen MR) is 115 cm³/mol. The summed E-state index contributed by atoms with van der Waals surface area (Å²) in [5, 5.41) is 3.94. The van der Waals surface area contributed by atoms with Crippen molar-refractivity contribution in [1.82, 2.24) is 19.5 Å². The van der Waals surface area contributed by atoms with Gasteiger partial charge in [0, 0.05) is 23.7 Å². The number of aromatic nitrogens is 3. The molecule has 1 saturated heterocycles. The van der Waals surface area contributed by atoms with Crippen molar-refractivity contribution < 1.29 is 18.0 Å². The van der Waals surface area contributed by atoms with E-state index in [0.29, 0.717) is 24.4 Å². The van der Waals surface area contributed by atoms with Crippen LogP contribution in [0.5, 0.6) is 0 Å². The Balaban J connectivity index is 1.72. The molecule has 2 aliphatic rings. The van der Waals surface area contributed by atoms with Gasteiger partial charge in [-0.3, -0.25) is 4.79 Å². The number of carbonyl (C=O) groups is 1. The Labute approximate surface area is 188 Å². The number of likely N-dealkylation sites (tertiary alicyclic amines) is 1. The SMILES string of the molecule is C[C@H]1CCN(C(=O)c2nn3c(C(F)(F)F)c4c(nc3c2Cl)-c2ccccc2CC4)[C@@H](C)C1. The molecule has 168 valence electrons. The zero-order valence-electron chi connectivity index (χ0n) is 17.7. The molecule has 1 aliphatic heterocycles. The Hall–Kier alpha value is -2.61. The highest BCUT2D eigenvalue weighted by Gasteiger charge is 2.41. The molecule has 0 N–H and O–H groups in total. The quantitative estimate of drug-likeness (QED) is 0.484. The minimum atomic E-state index is -4.68. The van der Waals surface area contributed by atoms with Crippen molar-refractivity contribution in [2.45, 2.75) is 51.7 Å². The van der Waals surface area contributed by atoms with E-state index >= 15 is 0 Å². The summed E-state index contributed by atoms with van der Waals surface area (Å²) in [5.74, 6) is 0.0299. The summed E-state index contributed by atoms with van der Waals surface area (Å²) in [6.07, 6.45) is -2.36. The Morgan fingerprint density at radius 1 is 1.19 bits per heavy atom. The first-order chi connectivity index (χ1) is 15.2. The zero-order valence-corrected chi connectivity index (χ0v) is 18.5. The summed E-state index contributed by atoms with van der Waals surface area (Å²) < 4.78 is 43.5. The Morgan fingerprint density at radius 2 is 1.94 bits per heavy atom. The zero-order chi connectivity index (χ0) is 22.8. The first-order valence-corrected chi connectivity index (χ1v) is 11.1. The number of carbonyl (C=O) groups excluding carboxylic acids is 1. The minimum absolute atomic E-state index is 0.0396. The standard InChI is InChI=1S/C23H22ClF3N4O/c1-12-9-10-30(13(2)11-12)22(32)19-17(24)21-28-18-15-6-4-3-5-14(15)7-8-16(18)20(23(25,26)27)31(21)29-19/h3-6,12-13H,7-11H2,1-2H3/t12-,13-/m0/s1. The molecule has 3 aromatic rings. The lowest BCUT2D eigenvalue weighted by Crippen LogP contribution is -2.44. The molecule has 9 heteroatoms. The molecule has 0 unspecified atom stereocenters. The van der Waals surface area contributed by atoms with Crippen LogP contribution in [0.25, 0.3) is 16.9 Å². The third-order valence-corrected chi connectivity index (χ3v) is 6.94. The van der Waals surface area contributed by atoms with Gasteiger partial charge in [0.05, 0.1) is 5.69 Å². The van der Waals surface area contributed by atoms with Gasteiger partial charge in [0.1, 0.15) is 5.02 Å². The van der Waals surface area contributed by atoms with Crippen LogP contribution in [-0.2, 0) is 19.0 Å². The van der Waals surface area contributed by atoms with Crippen LogP contribution >= 0.6 is 11.6 Å². The molecule has 5 rings (SSSR count). The molecule has 32 heavy (non-hydrogen) atoms. The molecule has 5 nitrogen and oxygen atoms in total. The van der Waals surface area contributed by atoms with Crippen LogP contribution in [0.3, 0.4) is 0 Å². The van der Waals surface area contributed by atoms with E-state index in [1.807, 2.05) is 19.1 Å². The lowest BCUT2D eigenvalue weighted by Gasteiger charge is -2.36. The lowest BCUT2D eigenvalue weighted by atomic mass is 9.88. The van der Waals surface area contributed by atoms with E-state index in [2.05, 4.69) is 17.0 Å². The topological polar surface area (TPSA) is 50.5 Å². The summed E-state index contributed by atoms with van der Waals surface area (Å²) in [6, 6.07) is 7.25. The van der Waals surface area contributed by atoms with Crippen LogP contribution in [0.2, 0.25) is 5.02 Å². The first-order valence-electron chi connectivity index (χ1n) is 10.7. The van der Waals surface area contributed by atoms with Gasteiger partial charge in [-0.2, -0.15) is 18.3 Å². The highest BCUT2D eigenvalue weighted by atomic mass is 35.5. The van der Waals surface area contributed by atoms with E-state index in [1.54, 1.807) is 17.0 Å². The molecule has 0 radical (unpaired) electrons. The van der Waals surface area contributed by atoms with Crippen molar-refractivity contribution in [3.05, 3.63) is 51.8 Å². The van der Waals surface area contributed by atoms with Crippen molar-refractivity contribution in [2.75, 3.05) is 6.54 Å². The normalized spacial score (nSPS) is 20.9. The van der Waals surface area contributed by atoms with Crippen LogP contribution in [0, 0.1) is 5.92 Å². The van der Waals surface area contributed by atoms with Crippen LogP contribution < -0.4 is 0 Å². The summed E-state index contributed by atoms with van der Waals surface area (Å²) in [7, 11) is 0. The summed E-state index contributed by atoms with van der Waals surface area (Å²) in [5.41, 5.74) is 0.708. The predicted octanol–water partition coefficient (Wildman–Crippen LogP) is 5.43. The number of benzene rings is 1. The van der Waals surface area contributed by atoms with Crippen molar-refractivity contribution in [3.8, 4) is 11.3 Å². The molecule has 3 heterocycles. The number of amides is 1. The molecular weight excluding hydrogens is 441 g/mol. The maximum absolute atomic E-state index is 14.3. The molecule has 2 aromatic heterocycles. The van der Waals surface area contributed by atoms with Crippen LogP contribution in [0.15, 0.2) is 24.3 Å². The van der Waals surface area contributed by atoms with E-state index in [-0.39, 0.29) is 40.1 Å². The van der Waals surface area contributed by atoms with Gasteiger partial charge in [-0.15, -0.1) is 0 Å².